The number of hydrogen-bond donors (Lipinski definition) is 1. The van der Waals surface area contributed by atoms with E-state index in [9.17, 15) is 0 Å². The van der Waals surface area contributed by atoms with E-state index >= 15 is 0 Å². The monoisotopic (exact) mass is 285 g/mol. The Morgan fingerprint density at radius 2 is 2.39 bits per heavy atom. The van der Waals surface area contributed by atoms with Gasteiger partial charge in [-0.25, -0.2) is 0 Å². The molecule has 0 spiro atoms. The second kappa shape index (κ2) is 6.87. The van der Waals surface area contributed by atoms with Gasteiger partial charge < -0.3 is 5.32 Å². The van der Waals surface area contributed by atoms with Crippen LogP contribution in [0.5, 0.6) is 0 Å². The standard InChI is InChI=1S/C13H23N3S2/c1-4-14-12(13-9-17-5-6-18-13)8-11-7-10(2)15-16(11)3/h7,12-14H,4-6,8-9H2,1-3H3. The van der Waals surface area contributed by atoms with Gasteiger partial charge in [0, 0.05) is 47.7 Å². The molecule has 2 atom stereocenters. The number of aromatic nitrogens is 2. The van der Waals surface area contributed by atoms with Crippen LogP contribution < -0.4 is 5.32 Å². The number of nitrogens with one attached hydrogen (secondary N) is 1. The van der Waals surface area contributed by atoms with Crippen molar-refractivity contribution in [1.82, 2.24) is 15.1 Å². The van der Waals surface area contributed by atoms with E-state index in [1.807, 2.05) is 11.7 Å². The van der Waals surface area contributed by atoms with E-state index in [2.05, 4.69) is 53.9 Å². The Kier molecular flexibility index (Phi) is 5.45. The van der Waals surface area contributed by atoms with E-state index in [0.717, 1.165) is 23.9 Å². The van der Waals surface area contributed by atoms with Crippen molar-refractivity contribution in [2.75, 3.05) is 23.8 Å². The van der Waals surface area contributed by atoms with Gasteiger partial charge in [0.05, 0.1) is 5.69 Å². The molecule has 0 bridgehead atoms. The van der Waals surface area contributed by atoms with Crippen LogP contribution in [0.3, 0.4) is 0 Å². The highest BCUT2D eigenvalue weighted by Gasteiger charge is 2.25. The first kappa shape index (κ1) is 14.3. The van der Waals surface area contributed by atoms with Crippen LogP contribution in [0.2, 0.25) is 0 Å². The van der Waals surface area contributed by atoms with Crippen molar-refractivity contribution in [3.05, 3.63) is 17.5 Å². The minimum atomic E-state index is 0.572. The number of hydrogen-bond acceptors (Lipinski definition) is 4. The lowest BCUT2D eigenvalue weighted by Crippen LogP contribution is -2.42. The fourth-order valence-electron chi connectivity index (χ4n) is 2.42. The summed E-state index contributed by atoms with van der Waals surface area (Å²) in [6, 6.07) is 2.79. The number of likely N-dealkylation sites (N-methyl/N-ethyl adjacent to an activating group) is 1. The second-order valence-corrected chi connectivity index (χ2v) is 7.25. The predicted octanol–water partition coefficient (Wildman–Crippen LogP) is 2.10. The Balaban J connectivity index is 2.02. The van der Waals surface area contributed by atoms with Crippen molar-refractivity contribution in [2.45, 2.75) is 31.6 Å². The molecule has 2 rings (SSSR count). The average Bonchev–Trinajstić information content (AvgIpc) is 2.68. The van der Waals surface area contributed by atoms with Gasteiger partial charge in [-0.2, -0.15) is 28.6 Å². The van der Waals surface area contributed by atoms with Crippen LogP contribution in [-0.4, -0.2) is 44.9 Å². The quantitative estimate of drug-likeness (QED) is 0.897. The third-order valence-corrected chi connectivity index (χ3v) is 6.20. The summed E-state index contributed by atoms with van der Waals surface area (Å²) in [5.74, 6) is 3.88. The Bertz CT molecular complexity index is 372. The van der Waals surface area contributed by atoms with Gasteiger partial charge in [0.2, 0.25) is 0 Å². The molecule has 18 heavy (non-hydrogen) atoms. The maximum Gasteiger partial charge on any atom is 0.0596 e. The van der Waals surface area contributed by atoms with E-state index in [1.165, 1.54) is 23.0 Å². The van der Waals surface area contributed by atoms with Crippen molar-refractivity contribution in [3.63, 3.8) is 0 Å². The van der Waals surface area contributed by atoms with E-state index in [0.29, 0.717) is 6.04 Å². The van der Waals surface area contributed by atoms with E-state index in [-0.39, 0.29) is 0 Å². The first-order valence-corrected chi connectivity index (χ1v) is 8.83. The van der Waals surface area contributed by atoms with E-state index < -0.39 is 0 Å². The molecule has 0 amide bonds. The molecule has 1 aliphatic heterocycles. The summed E-state index contributed by atoms with van der Waals surface area (Å²) >= 11 is 4.22. The highest BCUT2D eigenvalue weighted by atomic mass is 32.2. The zero-order valence-electron chi connectivity index (χ0n) is 11.5. The lowest BCUT2D eigenvalue weighted by atomic mass is 10.1. The summed E-state index contributed by atoms with van der Waals surface area (Å²) in [5, 5.41) is 8.84. The molecule has 1 N–H and O–H groups in total. The Labute approximate surface area is 118 Å². The van der Waals surface area contributed by atoms with Crippen LogP contribution in [0.1, 0.15) is 18.3 Å². The topological polar surface area (TPSA) is 29.9 Å². The molecule has 2 unspecified atom stereocenters. The molecule has 0 aliphatic carbocycles. The summed E-state index contributed by atoms with van der Waals surface area (Å²) in [6.45, 7) is 5.31. The highest BCUT2D eigenvalue weighted by molar-refractivity contribution is 8.06. The zero-order valence-corrected chi connectivity index (χ0v) is 13.1. The van der Waals surface area contributed by atoms with Gasteiger partial charge in [0.1, 0.15) is 0 Å². The molecule has 1 aromatic rings. The van der Waals surface area contributed by atoms with Crippen molar-refractivity contribution in [2.24, 2.45) is 7.05 Å². The minimum absolute atomic E-state index is 0.572. The maximum atomic E-state index is 4.45. The van der Waals surface area contributed by atoms with Crippen LogP contribution in [0.25, 0.3) is 0 Å². The van der Waals surface area contributed by atoms with Crippen LogP contribution in [-0.2, 0) is 13.5 Å². The van der Waals surface area contributed by atoms with Gasteiger partial charge in [-0.3, -0.25) is 4.68 Å². The van der Waals surface area contributed by atoms with Gasteiger partial charge in [-0.1, -0.05) is 6.92 Å². The van der Waals surface area contributed by atoms with Gasteiger partial charge >= 0.3 is 0 Å². The Morgan fingerprint density at radius 1 is 1.56 bits per heavy atom. The summed E-state index contributed by atoms with van der Waals surface area (Å²) in [5.41, 5.74) is 2.46. The number of aryl methyl sites for hydroxylation is 2. The third kappa shape index (κ3) is 3.68. The number of nitrogens with zero attached hydrogens (tertiary/aromatic N) is 2. The largest absolute Gasteiger partial charge is 0.313 e. The molecule has 1 aromatic heterocycles. The summed E-state index contributed by atoms with van der Waals surface area (Å²) in [4.78, 5) is 0. The molecule has 1 fully saturated rings. The molecule has 0 radical (unpaired) electrons. The van der Waals surface area contributed by atoms with Crippen LogP contribution in [0.15, 0.2) is 6.07 Å². The fourth-order valence-corrected chi connectivity index (χ4v) is 5.30. The summed E-state index contributed by atoms with van der Waals surface area (Å²) < 4.78 is 2.03. The van der Waals surface area contributed by atoms with Crippen molar-refractivity contribution in [1.29, 1.82) is 0 Å². The molecule has 2 heterocycles. The summed E-state index contributed by atoms with van der Waals surface area (Å²) in [7, 11) is 2.05. The van der Waals surface area contributed by atoms with E-state index in [4.69, 9.17) is 0 Å². The van der Waals surface area contributed by atoms with Gasteiger partial charge in [0.25, 0.3) is 0 Å². The van der Waals surface area contributed by atoms with E-state index in [1.54, 1.807) is 0 Å². The van der Waals surface area contributed by atoms with Gasteiger partial charge in [-0.15, -0.1) is 0 Å². The summed E-state index contributed by atoms with van der Waals surface area (Å²) in [6.07, 6.45) is 1.09. The average molecular weight is 285 g/mol. The smallest absolute Gasteiger partial charge is 0.0596 e. The van der Waals surface area contributed by atoms with Crippen molar-refractivity contribution >= 4 is 23.5 Å². The SMILES string of the molecule is CCNC(Cc1cc(C)nn1C)C1CSCCS1. The lowest BCUT2D eigenvalue weighted by molar-refractivity contribution is 0.505. The first-order chi connectivity index (χ1) is 8.70. The normalized spacial score (nSPS) is 22.1. The molecule has 5 heteroatoms. The zero-order chi connectivity index (χ0) is 13.0. The molecule has 0 saturated carbocycles. The molecular weight excluding hydrogens is 262 g/mol. The molecule has 0 aromatic carbocycles. The van der Waals surface area contributed by atoms with Crippen LogP contribution in [0, 0.1) is 6.92 Å². The number of rotatable bonds is 5. The van der Waals surface area contributed by atoms with Gasteiger partial charge in [-0.05, 0) is 19.5 Å². The highest BCUT2D eigenvalue weighted by Crippen LogP contribution is 2.27. The van der Waals surface area contributed by atoms with Crippen molar-refractivity contribution in [3.8, 4) is 0 Å². The first-order valence-electron chi connectivity index (χ1n) is 6.63. The molecular formula is C13H23N3S2. The van der Waals surface area contributed by atoms with Crippen LogP contribution in [0.4, 0.5) is 0 Å². The maximum absolute atomic E-state index is 4.45. The van der Waals surface area contributed by atoms with Gasteiger partial charge in [0.15, 0.2) is 0 Å². The fraction of sp³-hybridized carbons (Fsp3) is 0.769. The lowest BCUT2D eigenvalue weighted by Gasteiger charge is -2.30. The molecule has 3 nitrogen and oxygen atoms in total. The van der Waals surface area contributed by atoms with Crippen LogP contribution >= 0.6 is 23.5 Å². The third-order valence-electron chi connectivity index (χ3n) is 3.28. The Morgan fingerprint density at radius 3 is 2.94 bits per heavy atom. The minimum Gasteiger partial charge on any atom is -0.313 e. The molecule has 1 saturated heterocycles. The van der Waals surface area contributed by atoms with Crippen molar-refractivity contribution < 1.29 is 0 Å². The predicted molar refractivity (Wildman–Crippen MR) is 82.7 cm³/mol. The Hall–Kier alpha value is -0.130. The molecule has 1 aliphatic rings. The second-order valence-electron chi connectivity index (χ2n) is 4.75. The number of thioether (sulfide) groups is 2. The molecule has 102 valence electrons.